The number of carbonyl (C=O) groups is 1. The van der Waals surface area contributed by atoms with Crippen LogP contribution in [0, 0.1) is 12.8 Å². The number of hydrogen-bond acceptors (Lipinski definition) is 4. The first-order valence-electron chi connectivity index (χ1n) is 8.72. The quantitative estimate of drug-likeness (QED) is 0.803. The second kappa shape index (κ2) is 8.21. The van der Waals surface area contributed by atoms with E-state index in [1.807, 2.05) is 23.1 Å². The third kappa shape index (κ3) is 4.63. The molecule has 1 aromatic heterocycles. The molecule has 0 aliphatic carbocycles. The minimum absolute atomic E-state index is 0.0531. The van der Waals surface area contributed by atoms with Crippen LogP contribution in [0.3, 0.4) is 0 Å². The third-order valence-corrected chi connectivity index (χ3v) is 4.44. The van der Waals surface area contributed by atoms with Crippen LogP contribution in [0.4, 0.5) is 0 Å². The van der Waals surface area contributed by atoms with E-state index < -0.39 is 0 Å². The lowest BCUT2D eigenvalue weighted by Crippen LogP contribution is -2.41. The number of carbonyl (C=O) groups excluding carboxylic acids is 1. The Bertz CT molecular complexity index is 709. The minimum atomic E-state index is -0.0531. The van der Waals surface area contributed by atoms with Crippen molar-refractivity contribution < 1.29 is 18.7 Å². The normalized spacial score (nSPS) is 17.5. The van der Waals surface area contributed by atoms with Crippen LogP contribution in [0.1, 0.15) is 34.7 Å². The van der Waals surface area contributed by atoms with Gasteiger partial charge in [-0.25, -0.2) is 0 Å². The highest BCUT2D eigenvalue weighted by Crippen LogP contribution is 2.21. The van der Waals surface area contributed by atoms with Crippen LogP contribution >= 0.6 is 0 Å². The topological polar surface area (TPSA) is 51.9 Å². The molecule has 1 atom stereocenters. The lowest BCUT2D eigenvalue weighted by molar-refractivity contribution is 0.0596. The molecule has 0 radical (unpaired) electrons. The van der Waals surface area contributed by atoms with Crippen LogP contribution in [0.2, 0.25) is 0 Å². The summed E-state index contributed by atoms with van der Waals surface area (Å²) in [5.74, 6) is 2.22. The number of aryl methyl sites for hydroxylation is 1. The Morgan fingerprint density at radius 1 is 1.32 bits per heavy atom. The van der Waals surface area contributed by atoms with Crippen molar-refractivity contribution in [2.24, 2.45) is 5.92 Å². The van der Waals surface area contributed by atoms with Crippen molar-refractivity contribution in [3.8, 4) is 5.75 Å². The fourth-order valence-electron chi connectivity index (χ4n) is 3.17. The van der Waals surface area contributed by atoms with Crippen molar-refractivity contribution in [1.82, 2.24) is 4.90 Å². The summed E-state index contributed by atoms with van der Waals surface area (Å²) in [6.45, 7) is 4.51. The summed E-state index contributed by atoms with van der Waals surface area (Å²) in [5.41, 5.74) is 1.18. The number of amides is 1. The second-order valence-electron chi connectivity index (χ2n) is 6.59. The molecule has 2 heterocycles. The molecule has 5 nitrogen and oxygen atoms in total. The van der Waals surface area contributed by atoms with Crippen LogP contribution in [0.5, 0.6) is 5.75 Å². The second-order valence-corrected chi connectivity index (χ2v) is 6.59. The number of likely N-dealkylation sites (tertiary alicyclic amines) is 1. The molecular formula is C20H25NO4. The maximum Gasteiger partial charge on any atom is 0.289 e. The van der Waals surface area contributed by atoms with Crippen molar-refractivity contribution in [3.63, 3.8) is 0 Å². The molecule has 1 aliphatic heterocycles. The molecule has 5 heteroatoms. The van der Waals surface area contributed by atoms with E-state index in [2.05, 4.69) is 13.0 Å². The van der Waals surface area contributed by atoms with E-state index in [0.29, 0.717) is 37.2 Å². The zero-order valence-electron chi connectivity index (χ0n) is 14.9. The molecule has 0 N–H and O–H groups in total. The van der Waals surface area contributed by atoms with E-state index in [9.17, 15) is 4.79 Å². The van der Waals surface area contributed by atoms with Gasteiger partial charge in [0.25, 0.3) is 5.91 Å². The maximum absolute atomic E-state index is 12.6. The average molecular weight is 343 g/mol. The van der Waals surface area contributed by atoms with Gasteiger partial charge in [-0.2, -0.15) is 0 Å². The molecule has 134 valence electrons. The molecule has 25 heavy (non-hydrogen) atoms. The lowest BCUT2D eigenvalue weighted by Gasteiger charge is -2.32. The third-order valence-electron chi connectivity index (χ3n) is 4.44. The van der Waals surface area contributed by atoms with E-state index >= 15 is 0 Å². The molecule has 1 aromatic carbocycles. The Balaban J connectivity index is 1.55. The number of nitrogens with zero attached hydrogens (tertiary/aromatic N) is 1. The standard InChI is InChI=1S/C20H25NO4/c1-15-5-3-7-17(11-15)24-13-16-6-4-10-21(12-16)20(22)19-9-8-18(25-19)14-23-2/h3,5,7-9,11,16H,4,6,10,12-14H2,1-2H3. The van der Waals surface area contributed by atoms with E-state index in [-0.39, 0.29) is 5.91 Å². The van der Waals surface area contributed by atoms with E-state index in [4.69, 9.17) is 13.9 Å². The molecule has 1 amide bonds. The average Bonchev–Trinajstić information content (AvgIpc) is 3.09. The van der Waals surface area contributed by atoms with Gasteiger partial charge >= 0.3 is 0 Å². The van der Waals surface area contributed by atoms with Gasteiger partial charge in [-0.1, -0.05) is 12.1 Å². The Morgan fingerprint density at radius 2 is 2.20 bits per heavy atom. The summed E-state index contributed by atoms with van der Waals surface area (Å²) in [5, 5.41) is 0. The number of methoxy groups -OCH3 is 1. The first kappa shape index (κ1) is 17.5. The summed E-state index contributed by atoms with van der Waals surface area (Å²) in [7, 11) is 1.60. The van der Waals surface area contributed by atoms with Crippen molar-refractivity contribution in [2.75, 3.05) is 26.8 Å². The summed E-state index contributed by atoms with van der Waals surface area (Å²) in [6.07, 6.45) is 2.06. The van der Waals surface area contributed by atoms with Gasteiger partial charge in [0.2, 0.25) is 0 Å². The fourth-order valence-corrected chi connectivity index (χ4v) is 3.17. The van der Waals surface area contributed by atoms with Gasteiger partial charge < -0.3 is 18.8 Å². The highest BCUT2D eigenvalue weighted by molar-refractivity contribution is 5.91. The Hall–Kier alpha value is -2.27. The number of hydrogen-bond donors (Lipinski definition) is 0. The summed E-state index contributed by atoms with van der Waals surface area (Å²) in [6, 6.07) is 11.6. The number of benzene rings is 1. The van der Waals surface area contributed by atoms with Gasteiger partial charge in [0.05, 0.1) is 6.61 Å². The van der Waals surface area contributed by atoms with Crippen LogP contribution in [-0.2, 0) is 11.3 Å². The van der Waals surface area contributed by atoms with Gasteiger partial charge in [0.1, 0.15) is 18.1 Å². The SMILES string of the molecule is COCc1ccc(C(=O)N2CCCC(COc3cccc(C)c3)C2)o1. The smallest absolute Gasteiger partial charge is 0.289 e. The van der Waals surface area contributed by atoms with Crippen molar-refractivity contribution in [3.05, 3.63) is 53.5 Å². The van der Waals surface area contributed by atoms with Gasteiger partial charge in [-0.3, -0.25) is 4.79 Å². The monoisotopic (exact) mass is 343 g/mol. The Labute approximate surface area is 148 Å². The van der Waals surface area contributed by atoms with Gasteiger partial charge in [0.15, 0.2) is 5.76 Å². The predicted molar refractivity (Wildman–Crippen MR) is 94.7 cm³/mol. The molecule has 0 spiro atoms. The molecule has 3 rings (SSSR count). The van der Waals surface area contributed by atoms with E-state index in [1.165, 1.54) is 5.56 Å². The van der Waals surface area contributed by atoms with Gasteiger partial charge in [-0.15, -0.1) is 0 Å². The summed E-state index contributed by atoms with van der Waals surface area (Å²) < 4.78 is 16.5. The van der Waals surface area contributed by atoms with Crippen molar-refractivity contribution >= 4 is 5.91 Å². The molecule has 1 unspecified atom stereocenters. The van der Waals surface area contributed by atoms with E-state index in [1.54, 1.807) is 19.2 Å². The summed E-state index contributed by atoms with van der Waals surface area (Å²) >= 11 is 0. The molecule has 0 saturated carbocycles. The highest BCUT2D eigenvalue weighted by atomic mass is 16.5. The van der Waals surface area contributed by atoms with Gasteiger partial charge in [-0.05, 0) is 49.6 Å². The predicted octanol–water partition coefficient (Wildman–Crippen LogP) is 3.67. The molecule has 1 saturated heterocycles. The first-order valence-corrected chi connectivity index (χ1v) is 8.72. The minimum Gasteiger partial charge on any atom is -0.493 e. The van der Waals surface area contributed by atoms with Crippen LogP contribution < -0.4 is 4.74 Å². The van der Waals surface area contributed by atoms with E-state index in [0.717, 1.165) is 25.1 Å². The molecule has 1 aliphatic rings. The Morgan fingerprint density at radius 3 is 3.00 bits per heavy atom. The molecule has 0 bridgehead atoms. The lowest BCUT2D eigenvalue weighted by atomic mass is 9.98. The first-order chi connectivity index (χ1) is 12.2. The number of piperidine rings is 1. The number of furan rings is 1. The zero-order valence-corrected chi connectivity index (χ0v) is 14.9. The zero-order chi connectivity index (χ0) is 17.6. The van der Waals surface area contributed by atoms with Gasteiger partial charge in [0, 0.05) is 26.1 Å². The van der Waals surface area contributed by atoms with Crippen LogP contribution in [0.25, 0.3) is 0 Å². The molecule has 2 aromatic rings. The van der Waals surface area contributed by atoms with Crippen LogP contribution in [-0.4, -0.2) is 37.6 Å². The maximum atomic E-state index is 12.6. The van der Waals surface area contributed by atoms with Crippen LogP contribution in [0.15, 0.2) is 40.8 Å². The highest BCUT2D eigenvalue weighted by Gasteiger charge is 2.26. The summed E-state index contributed by atoms with van der Waals surface area (Å²) in [4.78, 5) is 14.5. The largest absolute Gasteiger partial charge is 0.493 e. The fraction of sp³-hybridized carbons (Fsp3) is 0.450. The number of ether oxygens (including phenoxy) is 2. The van der Waals surface area contributed by atoms with Crippen molar-refractivity contribution in [1.29, 1.82) is 0 Å². The van der Waals surface area contributed by atoms with Crippen molar-refractivity contribution in [2.45, 2.75) is 26.4 Å². The Kier molecular flexibility index (Phi) is 5.76. The molecule has 1 fully saturated rings. The number of rotatable bonds is 6. The molecular weight excluding hydrogens is 318 g/mol.